The van der Waals surface area contributed by atoms with Gasteiger partial charge in [0.05, 0.1) is 0 Å². The lowest BCUT2D eigenvalue weighted by Crippen LogP contribution is -2.35. The molecule has 0 heterocycles. The molecule has 0 radical (unpaired) electrons. The van der Waals surface area contributed by atoms with Crippen LogP contribution >= 0.6 is 0 Å². The summed E-state index contributed by atoms with van der Waals surface area (Å²) in [5.41, 5.74) is 11.8. The standard InChI is InChI=1S/C17H30N2/c1-7-19(10-12(2)3)11-16(18)17-14(5)8-13(4)9-15(17)6/h8-9,12,16H,7,10-11,18H2,1-6H3. The summed E-state index contributed by atoms with van der Waals surface area (Å²) in [6.07, 6.45) is 0. The fraction of sp³-hybridized carbons (Fsp3) is 0.647. The molecule has 0 saturated carbocycles. The minimum Gasteiger partial charge on any atom is -0.323 e. The smallest absolute Gasteiger partial charge is 0.0429 e. The lowest BCUT2D eigenvalue weighted by Gasteiger charge is -2.27. The van der Waals surface area contributed by atoms with E-state index in [1.54, 1.807) is 0 Å². The second kappa shape index (κ2) is 7.06. The van der Waals surface area contributed by atoms with Crippen molar-refractivity contribution in [1.82, 2.24) is 4.90 Å². The fourth-order valence-corrected chi connectivity index (χ4v) is 2.99. The molecule has 1 unspecified atom stereocenters. The Labute approximate surface area is 119 Å². The Hall–Kier alpha value is -0.860. The monoisotopic (exact) mass is 262 g/mol. The van der Waals surface area contributed by atoms with Gasteiger partial charge in [0.25, 0.3) is 0 Å². The van der Waals surface area contributed by atoms with E-state index < -0.39 is 0 Å². The molecule has 0 amide bonds. The van der Waals surface area contributed by atoms with Crippen LogP contribution in [0.4, 0.5) is 0 Å². The van der Waals surface area contributed by atoms with Crippen LogP contribution in [0.1, 0.15) is 49.1 Å². The van der Waals surface area contributed by atoms with Crippen LogP contribution in [0.2, 0.25) is 0 Å². The van der Waals surface area contributed by atoms with Gasteiger partial charge in [-0.2, -0.15) is 0 Å². The number of nitrogens with two attached hydrogens (primary N) is 1. The van der Waals surface area contributed by atoms with Crippen molar-refractivity contribution in [1.29, 1.82) is 0 Å². The van der Waals surface area contributed by atoms with Crippen molar-refractivity contribution >= 4 is 0 Å². The number of aryl methyl sites for hydroxylation is 3. The summed E-state index contributed by atoms with van der Waals surface area (Å²) in [6.45, 7) is 16.4. The Morgan fingerprint density at radius 1 is 1.05 bits per heavy atom. The highest BCUT2D eigenvalue weighted by Crippen LogP contribution is 2.23. The Bertz CT molecular complexity index is 387. The summed E-state index contributed by atoms with van der Waals surface area (Å²) in [4.78, 5) is 2.45. The zero-order valence-corrected chi connectivity index (χ0v) is 13.5. The average Bonchev–Trinajstić information content (AvgIpc) is 2.25. The van der Waals surface area contributed by atoms with E-state index in [-0.39, 0.29) is 6.04 Å². The molecule has 2 nitrogen and oxygen atoms in total. The van der Waals surface area contributed by atoms with Gasteiger partial charge in [0.15, 0.2) is 0 Å². The fourth-order valence-electron chi connectivity index (χ4n) is 2.99. The van der Waals surface area contributed by atoms with Crippen molar-refractivity contribution in [2.45, 2.75) is 47.6 Å². The number of hydrogen-bond donors (Lipinski definition) is 1. The molecule has 0 fully saturated rings. The molecule has 0 aliphatic carbocycles. The molecule has 0 bridgehead atoms. The highest BCUT2D eigenvalue weighted by atomic mass is 15.1. The summed E-state index contributed by atoms with van der Waals surface area (Å²) in [5.74, 6) is 0.687. The van der Waals surface area contributed by atoms with Gasteiger partial charge < -0.3 is 10.6 Å². The van der Waals surface area contributed by atoms with Gasteiger partial charge in [-0.15, -0.1) is 0 Å². The number of nitrogens with zero attached hydrogens (tertiary/aromatic N) is 1. The largest absolute Gasteiger partial charge is 0.323 e. The van der Waals surface area contributed by atoms with Crippen molar-refractivity contribution < 1.29 is 0 Å². The van der Waals surface area contributed by atoms with Crippen LogP contribution in [0.25, 0.3) is 0 Å². The second-order valence-electron chi connectivity index (χ2n) is 6.16. The zero-order chi connectivity index (χ0) is 14.6. The Balaban J connectivity index is 2.85. The normalized spacial score (nSPS) is 13.3. The lowest BCUT2D eigenvalue weighted by molar-refractivity contribution is 0.241. The third-order valence-corrected chi connectivity index (χ3v) is 3.63. The number of likely N-dealkylation sites (N-methyl/N-ethyl adjacent to an activating group) is 1. The minimum atomic E-state index is 0.110. The maximum absolute atomic E-state index is 6.46. The molecule has 1 atom stereocenters. The van der Waals surface area contributed by atoms with E-state index in [1.165, 1.54) is 22.3 Å². The van der Waals surface area contributed by atoms with Crippen molar-refractivity contribution in [2.75, 3.05) is 19.6 Å². The van der Waals surface area contributed by atoms with Crippen LogP contribution < -0.4 is 5.73 Å². The third kappa shape index (κ3) is 4.63. The van der Waals surface area contributed by atoms with Crippen LogP contribution in [-0.2, 0) is 0 Å². The molecular weight excluding hydrogens is 232 g/mol. The number of hydrogen-bond acceptors (Lipinski definition) is 2. The van der Waals surface area contributed by atoms with Crippen molar-refractivity contribution in [3.05, 3.63) is 34.4 Å². The first-order valence-electron chi connectivity index (χ1n) is 7.40. The summed E-state index contributed by atoms with van der Waals surface area (Å²) in [7, 11) is 0. The zero-order valence-electron chi connectivity index (χ0n) is 13.5. The molecule has 0 saturated heterocycles. The van der Waals surface area contributed by atoms with Crippen LogP contribution in [0.3, 0.4) is 0 Å². The second-order valence-corrected chi connectivity index (χ2v) is 6.16. The van der Waals surface area contributed by atoms with E-state index in [4.69, 9.17) is 5.73 Å². The first kappa shape index (κ1) is 16.2. The predicted octanol–water partition coefficient (Wildman–Crippen LogP) is 3.59. The molecule has 1 aromatic rings. The maximum atomic E-state index is 6.46. The molecule has 1 rings (SSSR count). The Kier molecular flexibility index (Phi) is 6.02. The number of benzene rings is 1. The molecule has 2 heteroatoms. The first-order chi connectivity index (χ1) is 8.85. The van der Waals surface area contributed by atoms with E-state index >= 15 is 0 Å². The Morgan fingerprint density at radius 2 is 1.58 bits per heavy atom. The third-order valence-electron chi connectivity index (χ3n) is 3.63. The van der Waals surface area contributed by atoms with Gasteiger partial charge in [-0.25, -0.2) is 0 Å². The minimum absolute atomic E-state index is 0.110. The summed E-state index contributed by atoms with van der Waals surface area (Å²) in [6, 6.07) is 4.58. The highest BCUT2D eigenvalue weighted by Gasteiger charge is 2.16. The van der Waals surface area contributed by atoms with Crippen LogP contribution in [0, 0.1) is 26.7 Å². The topological polar surface area (TPSA) is 29.3 Å². The maximum Gasteiger partial charge on any atom is 0.0429 e. The quantitative estimate of drug-likeness (QED) is 0.849. The van der Waals surface area contributed by atoms with E-state index in [0.717, 1.165) is 19.6 Å². The first-order valence-corrected chi connectivity index (χ1v) is 7.40. The molecule has 0 spiro atoms. The molecule has 0 aromatic heterocycles. The van der Waals surface area contributed by atoms with Gasteiger partial charge in [-0.05, 0) is 49.9 Å². The van der Waals surface area contributed by atoms with Crippen LogP contribution in [0.5, 0.6) is 0 Å². The molecule has 2 N–H and O–H groups in total. The molecular formula is C17H30N2. The van der Waals surface area contributed by atoms with Gasteiger partial charge in [-0.3, -0.25) is 0 Å². The van der Waals surface area contributed by atoms with E-state index in [1.807, 2.05) is 0 Å². The van der Waals surface area contributed by atoms with Gasteiger partial charge >= 0.3 is 0 Å². The number of rotatable bonds is 6. The Morgan fingerprint density at radius 3 is 2.00 bits per heavy atom. The van der Waals surface area contributed by atoms with Crippen molar-refractivity contribution in [3.63, 3.8) is 0 Å². The molecule has 0 aliphatic rings. The van der Waals surface area contributed by atoms with Gasteiger partial charge in [0.1, 0.15) is 0 Å². The van der Waals surface area contributed by atoms with Crippen LogP contribution in [0.15, 0.2) is 12.1 Å². The van der Waals surface area contributed by atoms with E-state index in [2.05, 4.69) is 58.6 Å². The van der Waals surface area contributed by atoms with Gasteiger partial charge in [0.2, 0.25) is 0 Å². The summed E-state index contributed by atoms with van der Waals surface area (Å²) in [5, 5.41) is 0. The molecule has 1 aromatic carbocycles. The predicted molar refractivity (Wildman–Crippen MR) is 84.5 cm³/mol. The average molecular weight is 262 g/mol. The summed E-state index contributed by atoms with van der Waals surface area (Å²) >= 11 is 0. The summed E-state index contributed by atoms with van der Waals surface area (Å²) < 4.78 is 0. The highest BCUT2D eigenvalue weighted by molar-refractivity contribution is 5.39. The van der Waals surface area contributed by atoms with Gasteiger partial charge in [0, 0.05) is 19.1 Å². The van der Waals surface area contributed by atoms with E-state index in [9.17, 15) is 0 Å². The molecule has 0 aliphatic heterocycles. The van der Waals surface area contributed by atoms with Gasteiger partial charge in [-0.1, -0.05) is 38.5 Å². The SMILES string of the molecule is CCN(CC(C)C)CC(N)c1c(C)cc(C)cc1C. The van der Waals surface area contributed by atoms with E-state index in [0.29, 0.717) is 5.92 Å². The van der Waals surface area contributed by atoms with Crippen molar-refractivity contribution in [2.24, 2.45) is 11.7 Å². The van der Waals surface area contributed by atoms with Crippen LogP contribution in [-0.4, -0.2) is 24.5 Å². The van der Waals surface area contributed by atoms with Crippen molar-refractivity contribution in [3.8, 4) is 0 Å². The lowest BCUT2D eigenvalue weighted by atomic mass is 9.94. The molecule has 19 heavy (non-hydrogen) atoms. The molecule has 108 valence electrons.